The lowest BCUT2D eigenvalue weighted by Crippen LogP contribution is -2.28. The van der Waals surface area contributed by atoms with Crippen LogP contribution < -0.4 is 5.73 Å². The number of hydrogen-bond acceptors (Lipinski definition) is 5. The van der Waals surface area contributed by atoms with Crippen molar-refractivity contribution in [1.29, 1.82) is 0 Å². The molecule has 1 unspecified atom stereocenters. The fourth-order valence-electron chi connectivity index (χ4n) is 1.19. The molecule has 0 saturated carbocycles. The first-order valence-corrected chi connectivity index (χ1v) is 6.11. The van der Waals surface area contributed by atoms with Crippen LogP contribution in [0, 0.1) is 0 Å². The van der Waals surface area contributed by atoms with E-state index in [1.54, 1.807) is 6.07 Å². The Labute approximate surface area is 94.1 Å². The van der Waals surface area contributed by atoms with E-state index in [0.717, 1.165) is 7.11 Å². The van der Waals surface area contributed by atoms with E-state index in [0.29, 0.717) is 5.69 Å². The molecule has 0 aliphatic rings. The Bertz CT molecular complexity index is 495. The Morgan fingerprint density at radius 1 is 1.44 bits per heavy atom. The van der Waals surface area contributed by atoms with Crippen LogP contribution in [0.25, 0.3) is 0 Å². The number of sulfone groups is 1. The number of nitrogens with two attached hydrogens (primary N) is 1. The number of benzene rings is 1. The van der Waals surface area contributed by atoms with Crippen molar-refractivity contribution in [1.82, 2.24) is 0 Å². The molecule has 1 aromatic carbocycles. The first kappa shape index (κ1) is 12.5. The standard InChI is InChI=1S/C10H13NO4S/c1-7(10(12)15-2)16(13,14)9-5-3-4-8(11)6-9/h3-7H,11H2,1-2H3. The summed E-state index contributed by atoms with van der Waals surface area (Å²) in [6.45, 7) is 1.28. The zero-order chi connectivity index (χ0) is 12.3. The molecule has 5 nitrogen and oxygen atoms in total. The monoisotopic (exact) mass is 243 g/mol. The van der Waals surface area contributed by atoms with Gasteiger partial charge in [0, 0.05) is 5.69 Å². The number of anilines is 1. The Morgan fingerprint density at radius 3 is 2.56 bits per heavy atom. The van der Waals surface area contributed by atoms with Crippen molar-refractivity contribution in [3.8, 4) is 0 Å². The van der Waals surface area contributed by atoms with Crippen molar-refractivity contribution in [3.05, 3.63) is 24.3 Å². The Morgan fingerprint density at radius 2 is 2.06 bits per heavy atom. The van der Waals surface area contributed by atoms with Crippen LogP contribution in [0.1, 0.15) is 6.92 Å². The summed E-state index contributed by atoms with van der Waals surface area (Å²) < 4.78 is 28.3. The van der Waals surface area contributed by atoms with Crippen molar-refractivity contribution < 1.29 is 17.9 Å². The van der Waals surface area contributed by atoms with Gasteiger partial charge in [0.2, 0.25) is 0 Å². The summed E-state index contributed by atoms with van der Waals surface area (Å²) in [7, 11) is -2.58. The molecule has 0 aliphatic heterocycles. The largest absolute Gasteiger partial charge is 0.468 e. The van der Waals surface area contributed by atoms with Crippen molar-refractivity contribution in [2.45, 2.75) is 17.1 Å². The summed E-state index contributed by atoms with van der Waals surface area (Å²) in [5, 5.41) is -1.24. The molecular weight excluding hydrogens is 230 g/mol. The minimum absolute atomic E-state index is 0.0189. The molecule has 0 fully saturated rings. The second-order valence-electron chi connectivity index (χ2n) is 3.28. The van der Waals surface area contributed by atoms with E-state index in [9.17, 15) is 13.2 Å². The van der Waals surface area contributed by atoms with E-state index in [2.05, 4.69) is 4.74 Å². The quantitative estimate of drug-likeness (QED) is 0.620. The van der Waals surface area contributed by atoms with E-state index in [-0.39, 0.29) is 4.90 Å². The average molecular weight is 243 g/mol. The van der Waals surface area contributed by atoms with E-state index in [1.165, 1.54) is 25.1 Å². The molecule has 1 aromatic rings. The van der Waals surface area contributed by atoms with Crippen LogP contribution in [0.5, 0.6) is 0 Å². The molecule has 0 aromatic heterocycles. The first-order chi connectivity index (χ1) is 7.39. The lowest BCUT2D eigenvalue weighted by atomic mass is 10.3. The topological polar surface area (TPSA) is 86.5 Å². The first-order valence-electron chi connectivity index (χ1n) is 4.57. The molecule has 0 amide bonds. The SMILES string of the molecule is COC(=O)C(C)S(=O)(=O)c1cccc(N)c1. The van der Waals surface area contributed by atoms with Crippen LogP contribution in [-0.4, -0.2) is 26.7 Å². The van der Waals surface area contributed by atoms with Gasteiger partial charge < -0.3 is 10.5 Å². The zero-order valence-corrected chi connectivity index (χ0v) is 9.82. The number of methoxy groups -OCH3 is 1. The average Bonchev–Trinajstić information content (AvgIpc) is 2.27. The molecule has 88 valence electrons. The van der Waals surface area contributed by atoms with Gasteiger partial charge in [0.1, 0.15) is 0 Å². The fourth-order valence-corrected chi connectivity index (χ4v) is 2.51. The van der Waals surface area contributed by atoms with Gasteiger partial charge in [0.15, 0.2) is 15.1 Å². The molecule has 0 spiro atoms. The number of carbonyl (C=O) groups excluding carboxylic acids is 1. The summed E-state index contributed by atoms with van der Waals surface area (Å²) in [6, 6.07) is 5.80. The number of rotatable bonds is 3. The third kappa shape index (κ3) is 2.33. The number of hydrogen-bond donors (Lipinski definition) is 1. The molecular formula is C10H13NO4S. The minimum atomic E-state index is -3.73. The third-order valence-electron chi connectivity index (χ3n) is 2.19. The highest BCUT2D eigenvalue weighted by atomic mass is 32.2. The predicted octanol–water partition coefficient (Wildman–Crippen LogP) is 0.604. The number of ether oxygens (including phenoxy) is 1. The molecule has 0 heterocycles. The Kier molecular flexibility index (Phi) is 3.54. The maximum atomic E-state index is 11.9. The van der Waals surface area contributed by atoms with E-state index >= 15 is 0 Å². The molecule has 2 N–H and O–H groups in total. The second-order valence-corrected chi connectivity index (χ2v) is 5.55. The Hall–Kier alpha value is -1.56. The molecule has 0 aliphatic carbocycles. The van der Waals surface area contributed by atoms with Crippen LogP contribution >= 0.6 is 0 Å². The maximum Gasteiger partial charge on any atom is 0.324 e. The summed E-state index contributed by atoms with van der Waals surface area (Å²) in [6.07, 6.45) is 0. The van der Waals surface area contributed by atoms with E-state index in [4.69, 9.17) is 5.73 Å². The fraction of sp³-hybridized carbons (Fsp3) is 0.300. The van der Waals surface area contributed by atoms with E-state index in [1.807, 2.05) is 0 Å². The molecule has 6 heteroatoms. The molecule has 16 heavy (non-hydrogen) atoms. The van der Waals surface area contributed by atoms with Crippen molar-refractivity contribution in [2.75, 3.05) is 12.8 Å². The van der Waals surface area contributed by atoms with Crippen molar-refractivity contribution >= 4 is 21.5 Å². The van der Waals surface area contributed by atoms with Crippen LogP contribution in [0.3, 0.4) is 0 Å². The lowest BCUT2D eigenvalue weighted by Gasteiger charge is -2.10. The minimum Gasteiger partial charge on any atom is -0.468 e. The van der Waals surface area contributed by atoms with Gasteiger partial charge in [-0.05, 0) is 25.1 Å². The van der Waals surface area contributed by atoms with Gasteiger partial charge in [-0.25, -0.2) is 8.42 Å². The summed E-state index contributed by atoms with van der Waals surface area (Å²) in [5.41, 5.74) is 5.82. The molecule has 0 saturated heterocycles. The van der Waals surface area contributed by atoms with Crippen LogP contribution in [0.2, 0.25) is 0 Å². The van der Waals surface area contributed by atoms with Gasteiger partial charge in [-0.2, -0.15) is 0 Å². The number of carbonyl (C=O) groups is 1. The Balaban J connectivity index is 3.17. The van der Waals surface area contributed by atoms with Gasteiger partial charge in [0.05, 0.1) is 12.0 Å². The molecule has 1 rings (SSSR count). The van der Waals surface area contributed by atoms with E-state index < -0.39 is 21.1 Å². The summed E-state index contributed by atoms with van der Waals surface area (Å²) in [5.74, 6) is -0.789. The zero-order valence-electron chi connectivity index (χ0n) is 9.01. The van der Waals surface area contributed by atoms with Gasteiger partial charge >= 0.3 is 5.97 Å². The highest BCUT2D eigenvalue weighted by Crippen LogP contribution is 2.18. The second kappa shape index (κ2) is 4.52. The predicted molar refractivity (Wildman–Crippen MR) is 59.5 cm³/mol. The van der Waals surface area contributed by atoms with Gasteiger partial charge in [-0.3, -0.25) is 4.79 Å². The van der Waals surface area contributed by atoms with Crippen molar-refractivity contribution in [3.63, 3.8) is 0 Å². The maximum absolute atomic E-state index is 11.9. The van der Waals surface area contributed by atoms with Gasteiger partial charge in [-0.1, -0.05) is 6.07 Å². The number of nitrogen functional groups attached to an aromatic ring is 1. The van der Waals surface area contributed by atoms with Crippen LogP contribution in [0.4, 0.5) is 5.69 Å². The number of esters is 1. The van der Waals surface area contributed by atoms with Gasteiger partial charge in [0.25, 0.3) is 0 Å². The summed E-state index contributed by atoms with van der Waals surface area (Å²) >= 11 is 0. The van der Waals surface area contributed by atoms with Crippen LogP contribution in [-0.2, 0) is 19.4 Å². The highest BCUT2D eigenvalue weighted by molar-refractivity contribution is 7.92. The molecule has 1 atom stereocenters. The normalized spacial score (nSPS) is 13.1. The molecule has 0 radical (unpaired) electrons. The van der Waals surface area contributed by atoms with Crippen LogP contribution in [0.15, 0.2) is 29.2 Å². The smallest absolute Gasteiger partial charge is 0.324 e. The lowest BCUT2D eigenvalue weighted by molar-refractivity contribution is -0.139. The summed E-state index contributed by atoms with van der Waals surface area (Å²) in [4.78, 5) is 11.2. The highest BCUT2D eigenvalue weighted by Gasteiger charge is 2.30. The molecule has 0 bridgehead atoms. The third-order valence-corrected chi connectivity index (χ3v) is 4.22. The van der Waals surface area contributed by atoms with Crippen molar-refractivity contribution in [2.24, 2.45) is 0 Å². The van der Waals surface area contributed by atoms with Gasteiger partial charge in [-0.15, -0.1) is 0 Å².